The molecule has 0 unspecified atom stereocenters. The molecular formula is C19H16FN5O. The summed E-state index contributed by atoms with van der Waals surface area (Å²) in [5, 5.41) is 14.1. The maximum atomic E-state index is 14.5. The first-order valence-electron chi connectivity index (χ1n) is 8.15. The van der Waals surface area contributed by atoms with Gasteiger partial charge in [0.25, 0.3) is 0 Å². The number of nitrogens with one attached hydrogen (secondary N) is 1. The number of nitrogens with zero attached hydrogens (tertiary/aromatic N) is 4. The van der Waals surface area contributed by atoms with Crippen LogP contribution in [0.25, 0.3) is 33.8 Å². The topological polar surface area (TPSA) is 79.6 Å². The molecule has 0 saturated carbocycles. The molecule has 3 heterocycles. The first-order valence-corrected chi connectivity index (χ1v) is 8.15. The summed E-state index contributed by atoms with van der Waals surface area (Å²) in [6.07, 6.45) is 6.62. The number of hydrogen-bond donors (Lipinski definition) is 2. The van der Waals surface area contributed by atoms with Crippen LogP contribution in [0, 0.1) is 5.82 Å². The molecule has 2 N–H and O–H groups in total. The van der Waals surface area contributed by atoms with Gasteiger partial charge in [-0.15, -0.1) is 0 Å². The third-order valence-corrected chi connectivity index (χ3v) is 4.12. The smallest absolute Gasteiger partial charge is 0.132 e. The van der Waals surface area contributed by atoms with Crippen LogP contribution in [0.5, 0.6) is 0 Å². The molecule has 0 amide bonds. The number of pyridine rings is 1. The van der Waals surface area contributed by atoms with Gasteiger partial charge in [0.05, 0.1) is 37.1 Å². The minimum absolute atomic E-state index is 0.0880. The van der Waals surface area contributed by atoms with E-state index in [-0.39, 0.29) is 19.0 Å². The highest BCUT2D eigenvalue weighted by Crippen LogP contribution is 2.39. The Bertz CT molecular complexity index is 1010. The lowest BCUT2D eigenvalue weighted by molar-refractivity contribution is 0.270. The molecule has 6 nitrogen and oxygen atoms in total. The fourth-order valence-electron chi connectivity index (χ4n) is 3.01. The maximum absolute atomic E-state index is 14.5. The van der Waals surface area contributed by atoms with Gasteiger partial charge in [0.2, 0.25) is 0 Å². The second kappa shape index (κ2) is 6.89. The third-order valence-electron chi connectivity index (χ3n) is 4.12. The number of hydrogen-bond acceptors (Lipinski definition) is 4. The number of imidazole rings is 1. The molecule has 0 atom stereocenters. The zero-order valence-corrected chi connectivity index (χ0v) is 13.8. The van der Waals surface area contributed by atoms with Crippen molar-refractivity contribution in [3.63, 3.8) is 0 Å². The molecule has 0 fully saturated rings. The Morgan fingerprint density at radius 3 is 2.58 bits per heavy atom. The standard InChI is InChI=1S/C19H16FN5O/c20-15-4-2-1-3-14(15)18-17(13-5-7-21-8-6-13)19(16-11-22-12-23-16)25(24-18)9-10-26/h1-8,11-12,26H,9-10H2,(H,22,23). The Morgan fingerprint density at radius 2 is 1.88 bits per heavy atom. The van der Waals surface area contributed by atoms with Crippen molar-refractivity contribution in [1.29, 1.82) is 0 Å². The number of aromatic nitrogens is 5. The van der Waals surface area contributed by atoms with Crippen molar-refractivity contribution < 1.29 is 9.50 Å². The van der Waals surface area contributed by atoms with Crippen molar-refractivity contribution in [2.75, 3.05) is 6.61 Å². The zero-order chi connectivity index (χ0) is 17.9. The monoisotopic (exact) mass is 349 g/mol. The number of rotatable bonds is 5. The highest BCUT2D eigenvalue weighted by Gasteiger charge is 2.24. The van der Waals surface area contributed by atoms with Gasteiger partial charge in [-0.2, -0.15) is 5.10 Å². The van der Waals surface area contributed by atoms with Crippen LogP contribution in [-0.2, 0) is 6.54 Å². The predicted molar refractivity (Wildman–Crippen MR) is 95.5 cm³/mol. The van der Waals surface area contributed by atoms with Gasteiger partial charge >= 0.3 is 0 Å². The van der Waals surface area contributed by atoms with Crippen LogP contribution in [0.15, 0.2) is 61.3 Å². The number of H-pyrrole nitrogens is 1. The summed E-state index contributed by atoms with van der Waals surface area (Å²) in [6, 6.07) is 10.2. The van der Waals surface area contributed by atoms with Gasteiger partial charge in [0.1, 0.15) is 11.5 Å². The Balaban J connectivity index is 2.06. The van der Waals surface area contributed by atoms with Gasteiger partial charge in [-0.1, -0.05) is 12.1 Å². The summed E-state index contributed by atoms with van der Waals surface area (Å²) in [5.74, 6) is -0.354. The van der Waals surface area contributed by atoms with Gasteiger partial charge in [0, 0.05) is 23.5 Å². The van der Waals surface area contributed by atoms with Crippen LogP contribution in [0.3, 0.4) is 0 Å². The Hall–Kier alpha value is -3.32. The predicted octanol–water partition coefficient (Wildman–Crippen LogP) is 3.13. The van der Waals surface area contributed by atoms with Crippen molar-refractivity contribution in [3.05, 3.63) is 67.1 Å². The molecule has 130 valence electrons. The number of halogens is 1. The van der Waals surface area contributed by atoms with Crippen LogP contribution in [-0.4, -0.2) is 36.4 Å². The van der Waals surface area contributed by atoms with E-state index in [1.54, 1.807) is 47.8 Å². The molecule has 0 aliphatic heterocycles. The molecule has 0 bridgehead atoms. The second-order valence-electron chi connectivity index (χ2n) is 5.70. The van der Waals surface area contributed by atoms with Crippen molar-refractivity contribution in [1.82, 2.24) is 24.7 Å². The van der Waals surface area contributed by atoms with Crippen molar-refractivity contribution >= 4 is 0 Å². The molecule has 3 aromatic heterocycles. The van der Waals surface area contributed by atoms with E-state index in [4.69, 9.17) is 0 Å². The summed E-state index contributed by atoms with van der Waals surface area (Å²) in [6.45, 7) is 0.191. The van der Waals surface area contributed by atoms with Crippen LogP contribution >= 0.6 is 0 Å². The first-order chi connectivity index (χ1) is 12.8. The lowest BCUT2D eigenvalue weighted by Gasteiger charge is -2.08. The fraction of sp³-hybridized carbons (Fsp3) is 0.105. The average molecular weight is 349 g/mol. The quantitative estimate of drug-likeness (QED) is 0.580. The van der Waals surface area contributed by atoms with E-state index < -0.39 is 0 Å². The minimum Gasteiger partial charge on any atom is -0.394 e. The van der Waals surface area contributed by atoms with E-state index in [9.17, 15) is 9.50 Å². The number of aliphatic hydroxyl groups excluding tert-OH is 1. The largest absolute Gasteiger partial charge is 0.394 e. The van der Waals surface area contributed by atoms with E-state index >= 15 is 0 Å². The molecular weight excluding hydrogens is 333 g/mol. The molecule has 4 rings (SSSR count). The van der Waals surface area contributed by atoms with E-state index in [0.29, 0.717) is 11.3 Å². The average Bonchev–Trinajstić information content (AvgIpc) is 3.31. The lowest BCUT2D eigenvalue weighted by atomic mass is 9.98. The summed E-state index contributed by atoms with van der Waals surface area (Å²) in [5.41, 5.74) is 3.99. The summed E-state index contributed by atoms with van der Waals surface area (Å²) < 4.78 is 16.2. The van der Waals surface area contributed by atoms with Crippen LogP contribution < -0.4 is 0 Å². The van der Waals surface area contributed by atoms with Crippen molar-refractivity contribution in [3.8, 4) is 33.8 Å². The van der Waals surface area contributed by atoms with Crippen LogP contribution in [0.4, 0.5) is 4.39 Å². The van der Waals surface area contributed by atoms with Gasteiger partial charge in [-0.3, -0.25) is 9.67 Å². The minimum atomic E-state index is -0.354. The van der Waals surface area contributed by atoms with Gasteiger partial charge < -0.3 is 10.1 Å². The number of aliphatic hydroxyl groups is 1. The second-order valence-corrected chi connectivity index (χ2v) is 5.70. The third kappa shape index (κ3) is 2.78. The zero-order valence-electron chi connectivity index (χ0n) is 13.8. The molecule has 1 aromatic carbocycles. The molecule has 26 heavy (non-hydrogen) atoms. The van der Waals surface area contributed by atoms with Crippen molar-refractivity contribution in [2.45, 2.75) is 6.54 Å². The number of aromatic amines is 1. The molecule has 7 heteroatoms. The van der Waals surface area contributed by atoms with Crippen LogP contribution in [0.1, 0.15) is 0 Å². The van der Waals surface area contributed by atoms with Gasteiger partial charge in [-0.25, -0.2) is 9.37 Å². The first kappa shape index (κ1) is 16.2. The normalized spacial score (nSPS) is 11.0. The molecule has 0 spiro atoms. The highest BCUT2D eigenvalue weighted by molar-refractivity contribution is 5.90. The summed E-state index contributed by atoms with van der Waals surface area (Å²) in [7, 11) is 0. The Morgan fingerprint density at radius 1 is 1.08 bits per heavy atom. The van der Waals surface area contributed by atoms with Crippen LogP contribution in [0.2, 0.25) is 0 Å². The SMILES string of the molecule is OCCn1nc(-c2ccccc2F)c(-c2ccncc2)c1-c1cnc[nH]1. The van der Waals surface area contributed by atoms with E-state index in [1.807, 2.05) is 12.1 Å². The van der Waals surface area contributed by atoms with E-state index in [2.05, 4.69) is 20.1 Å². The molecule has 0 aliphatic rings. The van der Waals surface area contributed by atoms with E-state index in [0.717, 1.165) is 22.5 Å². The molecule has 0 aliphatic carbocycles. The summed E-state index contributed by atoms with van der Waals surface area (Å²) >= 11 is 0. The Kier molecular flexibility index (Phi) is 4.28. The maximum Gasteiger partial charge on any atom is 0.132 e. The molecule has 0 saturated heterocycles. The fourth-order valence-corrected chi connectivity index (χ4v) is 3.01. The van der Waals surface area contributed by atoms with E-state index in [1.165, 1.54) is 6.07 Å². The van der Waals surface area contributed by atoms with Crippen molar-refractivity contribution in [2.24, 2.45) is 0 Å². The molecule has 4 aromatic rings. The molecule has 0 radical (unpaired) electrons. The Labute approximate surface area is 149 Å². The van der Waals surface area contributed by atoms with Gasteiger partial charge in [-0.05, 0) is 29.8 Å². The number of benzene rings is 1. The highest BCUT2D eigenvalue weighted by atomic mass is 19.1. The lowest BCUT2D eigenvalue weighted by Crippen LogP contribution is -2.06. The van der Waals surface area contributed by atoms with Gasteiger partial charge in [0.15, 0.2) is 0 Å². The summed E-state index contributed by atoms with van der Waals surface area (Å²) in [4.78, 5) is 11.2.